The van der Waals surface area contributed by atoms with Crippen LogP contribution < -0.4 is 5.73 Å². The monoisotopic (exact) mass is 349 g/mol. The van der Waals surface area contributed by atoms with Gasteiger partial charge in [0.2, 0.25) is 0 Å². The summed E-state index contributed by atoms with van der Waals surface area (Å²) in [6.45, 7) is 0. The Balaban J connectivity index is 1.79. The van der Waals surface area contributed by atoms with Gasteiger partial charge in [-0.2, -0.15) is 4.98 Å². The highest BCUT2D eigenvalue weighted by molar-refractivity contribution is 9.10. The third kappa shape index (κ3) is 3.46. The molecule has 0 spiro atoms. The highest BCUT2D eigenvalue weighted by Crippen LogP contribution is 2.31. The Morgan fingerprint density at radius 3 is 2.52 bits per heavy atom. The van der Waals surface area contributed by atoms with Crippen LogP contribution in [0, 0.1) is 0 Å². The van der Waals surface area contributed by atoms with E-state index in [1.54, 1.807) is 0 Å². The van der Waals surface area contributed by atoms with Crippen molar-refractivity contribution in [2.45, 2.75) is 50.9 Å². The fourth-order valence-corrected chi connectivity index (χ4v) is 3.27. The van der Waals surface area contributed by atoms with Crippen LogP contribution in [0.2, 0.25) is 0 Å². The quantitative estimate of drug-likeness (QED) is 0.782. The molecule has 5 heteroatoms. The van der Waals surface area contributed by atoms with Gasteiger partial charge in [0.15, 0.2) is 5.82 Å². The van der Waals surface area contributed by atoms with Crippen LogP contribution in [0.25, 0.3) is 11.5 Å². The van der Waals surface area contributed by atoms with E-state index in [1.165, 1.54) is 44.9 Å². The molecule has 1 aliphatic rings. The van der Waals surface area contributed by atoms with Crippen molar-refractivity contribution in [3.8, 4) is 11.5 Å². The maximum absolute atomic E-state index is 5.81. The minimum atomic E-state index is 0.444. The molecule has 1 saturated carbocycles. The summed E-state index contributed by atoms with van der Waals surface area (Å²) in [4.78, 5) is 4.61. The average Bonchev–Trinajstić information content (AvgIpc) is 2.91. The van der Waals surface area contributed by atoms with Crippen LogP contribution in [0.4, 0.5) is 5.69 Å². The van der Waals surface area contributed by atoms with Gasteiger partial charge < -0.3 is 10.3 Å². The molecule has 1 aliphatic carbocycles. The second-order valence-electron chi connectivity index (χ2n) is 5.74. The molecule has 0 saturated heterocycles. The Morgan fingerprint density at radius 2 is 1.81 bits per heavy atom. The van der Waals surface area contributed by atoms with Crippen LogP contribution in [0.5, 0.6) is 0 Å². The first-order valence-electron chi connectivity index (χ1n) is 7.63. The van der Waals surface area contributed by atoms with Crippen LogP contribution in [-0.2, 0) is 0 Å². The maximum Gasteiger partial charge on any atom is 0.257 e. The number of nitrogens with zero attached hydrogens (tertiary/aromatic N) is 2. The summed E-state index contributed by atoms with van der Waals surface area (Å²) in [6, 6.07) is 5.68. The average molecular weight is 350 g/mol. The molecular formula is C16H20BrN3O. The fraction of sp³-hybridized carbons (Fsp3) is 0.500. The van der Waals surface area contributed by atoms with Crippen LogP contribution in [0.3, 0.4) is 0 Å². The topological polar surface area (TPSA) is 64.9 Å². The lowest BCUT2D eigenvalue weighted by atomic mass is 9.91. The van der Waals surface area contributed by atoms with E-state index in [2.05, 4.69) is 26.1 Å². The maximum atomic E-state index is 5.81. The second-order valence-corrected chi connectivity index (χ2v) is 6.59. The summed E-state index contributed by atoms with van der Waals surface area (Å²) in [5.41, 5.74) is 7.42. The summed E-state index contributed by atoms with van der Waals surface area (Å²) in [6.07, 6.45) is 8.89. The van der Waals surface area contributed by atoms with Crippen LogP contribution in [-0.4, -0.2) is 10.1 Å². The highest BCUT2D eigenvalue weighted by atomic mass is 79.9. The molecule has 112 valence electrons. The van der Waals surface area contributed by atoms with E-state index in [1.807, 2.05) is 18.2 Å². The van der Waals surface area contributed by atoms with E-state index in [4.69, 9.17) is 10.3 Å². The molecule has 21 heavy (non-hydrogen) atoms. The van der Waals surface area contributed by atoms with E-state index < -0.39 is 0 Å². The number of rotatable bonds is 2. The number of benzene rings is 1. The van der Waals surface area contributed by atoms with Crippen LogP contribution >= 0.6 is 15.9 Å². The SMILES string of the molecule is Nc1ccc(-c2nc(C3CCCCCCC3)no2)cc1Br. The van der Waals surface area contributed by atoms with E-state index in [9.17, 15) is 0 Å². The molecule has 2 aromatic rings. The number of nitrogen functional groups attached to an aromatic ring is 1. The Hall–Kier alpha value is -1.36. The molecule has 1 aromatic carbocycles. The van der Waals surface area contributed by atoms with Gasteiger partial charge in [-0.25, -0.2) is 0 Å². The normalized spacial score (nSPS) is 17.4. The molecule has 0 bridgehead atoms. The zero-order valence-corrected chi connectivity index (χ0v) is 13.6. The van der Waals surface area contributed by atoms with Gasteiger partial charge in [-0.1, -0.05) is 37.3 Å². The number of hydrogen-bond donors (Lipinski definition) is 1. The lowest BCUT2D eigenvalue weighted by molar-refractivity contribution is 0.393. The number of aromatic nitrogens is 2. The Bertz CT molecular complexity index is 603. The van der Waals surface area contributed by atoms with Crippen molar-refractivity contribution < 1.29 is 4.52 Å². The summed E-state index contributed by atoms with van der Waals surface area (Å²) in [7, 11) is 0. The summed E-state index contributed by atoms with van der Waals surface area (Å²) < 4.78 is 6.30. The number of halogens is 1. The fourth-order valence-electron chi connectivity index (χ4n) is 2.89. The minimum absolute atomic E-state index is 0.444. The van der Waals surface area contributed by atoms with Crippen molar-refractivity contribution in [1.82, 2.24) is 10.1 Å². The highest BCUT2D eigenvalue weighted by Gasteiger charge is 2.20. The third-order valence-corrected chi connectivity index (χ3v) is 4.85. The van der Waals surface area contributed by atoms with E-state index in [0.717, 1.165) is 15.9 Å². The smallest absolute Gasteiger partial charge is 0.257 e. The first-order chi connectivity index (χ1) is 10.2. The molecular weight excluding hydrogens is 330 g/mol. The molecule has 4 nitrogen and oxygen atoms in total. The predicted molar refractivity (Wildman–Crippen MR) is 86.9 cm³/mol. The second kappa shape index (κ2) is 6.60. The first-order valence-corrected chi connectivity index (χ1v) is 8.42. The van der Waals surface area contributed by atoms with Crippen molar-refractivity contribution in [3.05, 3.63) is 28.5 Å². The molecule has 1 aromatic heterocycles. The molecule has 0 atom stereocenters. The largest absolute Gasteiger partial charge is 0.398 e. The lowest BCUT2D eigenvalue weighted by Crippen LogP contribution is -2.04. The van der Waals surface area contributed by atoms with Gasteiger partial charge in [-0.15, -0.1) is 0 Å². The zero-order valence-electron chi connectivity index (χ0n) is 12.0. The van der Waals surface area contributed by atoms with E-state index in [-0.39, 0.29) is 0 Å². The Labute approximate surface area is 133 Å². The number of hydrogen-bond acceptors (Lipinski definition) is 4. The predicted octanol–water partition coefficient (Wildman–Crippen LogP) is 4.91. The van der Waals surface area contributed by atoms with Crippen LogP contribution in [0.1, 0.15) is 56.7 Å². The molecule has 0 amide bonds. The molecule has 2 N–H and O–H groups in total. The molecule has 0 aliphatic heterocycles. The van der Waals surface area contributed by atoms with Gasteiger partial charge in [0.05, 0.1) is 0 Å². The molecule has 1 heterocycles. The number of anilines is 1. The van der Waals surface area contributed by atoms with Crippen molar-refractivity contribution in [1.29, 1.82) is 0 Å². The van der Waals surface area contributed by atoms with Crippen molar-refractivity contribution >= 4 is 21.6 Å². The van der Waals surface area contributed by atoms with Crippen molar-refractivity contribution in [3.63, 3.8) is 0 Å². The van der Waals surface area contributed by atoms with Gasteiger partial charge in [-0.3, -0.25) is 0 Å². The Morgan fingerprint density at radius 1 is 1.10 bits per heavy atom. The van der Waals surface area contributed by atoms with Gasteiger partial charge in [0.25, 0.3) is 5.89 Å². The van der Waals surface area contributed by atoms with Gasteiger partial charge in [-0.05, 0) is 47.0 Å². The first kappa shape index (κ1) is 14.6. The van der Waals surface area contributed by atoms with E-state index in [0.29, 0.717) is 17.5 Å². The van der Waals surface area contributed by atoms with Crippen molar-refractivity contribution in [2.24, 2.45) is 0 Å². The van der Waals surface area contributed by atoms with Gasteiger partial charge >= 0.3 is 0 Å². The minimum Gasteiger partial charge on any atom is -0.398 e. The number of nitrogens with two attached hydrogens (primary N) is 1. The lowest BCUT2D eigenvalue weighted by Gasteiger charge is -2.15. The summed E-state index contributed by atoms with van der Waals surface area (Å²) in [5.74, 6) is 1.88. The molecule has 0 radical (unpaired) electrons. The molecule has 3 rings (SSSR count). The zero-order chi connectivity index (χ0) is 14.7. The molecule has 0 unspecified atom stereocenters. The van der Waals surface area contributed by atoms with Gasteiger partial charge in [0.1, 0.15) is 0 Å². The third-order valence-electron chi connectivity index (χ3n) is 4.16. The van der Waals surface area contributed by atoms with E-state index >= 15 is 0 Å². The standard InChI is InChI=1S/C16H20BrN3O/c17-13-10-12(8-9-14(13)18)16-19-15(20-21-16)11-6-4-2-1-3-5-7-11/h8-11H,1-7,18H2. The van der Waals surface area contributed by atoms with Crippen molar-refractivity contribution in [2.75, 3.05) is 5.73 Å². The summed E-state index contributed by atoms with van der Waals surface area (Å²) >= 11 is 3.43. The summed E-state index contributed by atoms with van der Waals surface area (Å²) in [5, 5.41) is 4.21. The van der Waals surface area contributed by atoms with Crippen LogP contribution in [0.15, 0.2) is 27.2 Å². The molecule has 1 fully saturated rings. The van der Waals surface area contributed by atoms with Gasteiger partial charge in [0, 0.05) is 21.6 Å². The Kier molecular flexibility index (Phi) is 4.58.